The van der Waals surface area contributed by atoms with E-state index in [9.17, 15) is 8.78 Å². The molecule has 0 saturated carbocycles. The molecule has 1 rings (SSSR count). The molecule has 0 amide bonds. The van der Waals surface area contributed by atoms with E-state index in [4.69, 9.17) is 4.74 Å². The maximum atomic E-state index is 13.3. The molecule has 0 radical (unpaired) electrons. The van der Waals surface area contributed by atoms with Crippen LogP contribution < -0.4 is 10.1 Å². The molecule has 0 aromatic heterocycles. The van der Waals surface area contributed by atoms with Gasteiger partial charge in [-0.25, -0.2) is 4.39 Å². The van der Waals surface area contributed by atoms with Gasteiger partial charge < -0.3 is 10.1 Å². The summed E-state index contributed by atoms with van der Waals surface area (Å²) in [5.74, 6) is -1.86. The van der Waals surface area contributed by atoms with Crippen molar-refractivity contribution < 1.29 is 13.5 Å². The number of hydrogen-bond donors (Lipinski definition) is 1. The second-order valence-electron chi connectivity index (χ2n) is 3.96. The first-order chi connectivity index (χ1) is 8.65. The number of benzene rings is 1. The van der Waals surface area contributed by atoms with Crippen molar-refractivity contribution in [2.24, 2.45) is 0 Å². The van der Waals surface area contributed by atoms with Crippen molar-refractivity contribution in [2.45, 2.75) is 26.2 Å². The van der Waals surface area contributed by atoms with Crippen LogP contribution in [0, 0.1) is 11.6 Å². The smallest absolute Gasteiger partial charge is 0.200 e. The Hall–Kier alpha value is -0.680. The molecule has 0 heterocycles. The van der Waals surface area contributed by atoms with E-state index in [1.807, 2.05) is 0 Å². The van der Waals surface area contributed by atoms with E-state index in [1.165, 1.54) is 6.07 Å². The Balaban J connectivity index is 2.27. The third-order valence-electron chi connectivity index (χ3n) is 2.47. The summed E-state index contributed by atoms with van der Waals surface area (Å²) in [5.41, 5.74) is 0. The van der Waals surface area contributed by atoms with Crippen LogP contribution in [0.15, 0.2) is 16.6 Å². The first kappa shape index (κ1) is 15.4. The molecule has 0 bridgehead atoms. The summed E-state index contributed by atoms with van der Waals surface area (Å²) in [7, 11) is 0. The van der Waals surface area contributed by atoms with Crippen LogP contribution in [0.3, 0.4) is 0 Å². The largest absolute Gasteiger partial charge is 0.490 e. The molecule has 0 spiro atoms. The maximum absolute atomic E-state index is 13.3. The van der Waals surface area contributed by atoms with Gasteiger partial charge in [-0.05, 0) is 44.5 Å². The van der Waals surface area contributed by atoms with Gasteiger partial charge in [0.25, 0.3) is 0 Å². The van der Waals surface area contributed by atoms with E-state index in [1.54, 1.807) is 0 Å². The highest BCUT2D eigenvalue weighted by molar-refractivity contribution is 9.10. The molecule has 18 heavy (non-hydrogen) atoms. The van der Waals surface area contributed by atoms with Crippen molar-refractivity contribution in [2.75, 3.05) is 19.7 Å². The van der Waals surface area contributed by atoms with Gasteiger partial charge in [0.05, 0.1) is 6.61 Å². The van der Waals surface area contributed by atoms with Crippen LogP contribution >= 0.6 is 15.9 Å². The molecule has 1 N–H and O–H groups in total. The Labute approximate surface area is 115 Å². The number of nitrogens with one attached hydrogen (secondary N) is 1. The molecule has 1 aromatic carbocycles. The first-order valence-corrected chi connectivity index (χ1v) is 6.92. The maximum Gasteiger partial charge on any atom is 0.200 e. The summed E-state index contributed by atoms with van der Waals surface area (Å²) < 4.78 is 32.1. The lowest BCUT2D eigenvalue weighted by Gasteiger charge is -2.08. The molecule has 2 nitrogen and oxygen atoms in total. The van der Waals surface area contributed by atoms with Crippen LogP contribution in [0.5, 0.6) is 5.75 Å². The number of ether oxygens (including phenoxy) is 1. The Morgan fingerprint density at radius 2 is 2.00 bits per heavy atom. The second-order valence-corrected chi connectivity index (χ2v) is 4.88. The molecule has 0 saturated heterocycles. The van der Waals surface area contributed by atoms with Gasteiger partial charge >= 0.3 is 0 Å². The fourth-order valence-electron chi connectivity index (χ4n) is 1.53. The highest BCUT2D eigenvalue weighted by atomic mass is 79.9. The molecule has 0 unspecified atom stereocenters. The lowest BCUT2D eigenvalue weighted by Crippen LogP contribution is -2.14. The summed E-state index contributed by atoms with van der Waals surface area (Å²) in [6.45, 7) is 4.42. The summed E-state index contributed by atoms with van der Waals surface area (Å²) >= 11 is 3.10. The average Bonchev–Trinajstić information content (AvgIpc) is 2.33. The Bertz CT molecular complexity index is 374. The third kappa shape index (κ3) is 5.31. The zero-order valence-corrected chi connectivity index (χ0v) is 12.0. The van der Waals surface area contributed by atoms with Crippen molar-refractivity contribution in [1.29, 1.82) is 0 Å². The lowest BCUT2D eigenvalue weighted by atomic mass is 10.2. The van der Waals surface area contributed by atoms with Gasteiger partial charge in [-0.1, -0.05) is 22.9 Å². The molecule has 0 aliphatic carbocycles. The number of unbranched alkanes of at least 4 members (excludes halogenated alkanes) is 2. The SMILES string of the molecule is CCNCCCCCOc1cc(Br)cc(F)c1F. The van der Waals surface area contributed by atoms with E-state index in [0.29, 0.717) is 11.1 Å². The Kier molecular flexibility index (Phi) is 7.20. The van der Waals surface area contributed by atoms with Crippen LogP contribution in [0.1, 0.15) is 26.2 Å². The van der Waals surface area contributed by atoms with Crippen molar-refractivity contribution >= 4 is 15.9 Å². The molecular formula is C13H18BrF2NO. The molecular weight excluding hydrogens is 304 g/mol. The lowest BCUT2D eigenvalue weighted by molar-refractivity contribution is 0.285. The Morgan fingerprint density at radius 3 is 2.72 bits per heavy atom. The van der Waals surface area contributed by atoms with E-state index in [2.05, 4.69) is 28.2 Å². The molecule has 1 aromatic rings. The summed E-state index contributed by atoms with van der Waals surface area (Å²) in [6, 6.07) is 2.52. The van der Waals surface area contributed by atoms with E-state index < -0.39 is 11.6 Å². The van der Waals surface area contributed by atoms with Gasteiger partial charge in [-0.3, -0.25) is 0 Å². The minimum Gasteiger partial charge on any atom is -0.490 e. The van der Waals surface area contributed by atoms with Crippen molar-refractivity contribution in [1.82, 2.24) is 5.32 Å². The third-order valence-corrected chi connectivity index (χ3v) is 2.92. The fraction of sp³-hybridized carbons (Fsp3) is 0.538. The van der Waals surface area contributed by atoms with Crippen molar-refractivity contribution in [3.63, 3.8) is 0 Å². The normalized spacial score (nSPS) is 10.7. The molecule has 0 atom stereocenters. The Morgan fingerprint density at radius 1 is 1.22 bits per heavy atom. The predicted octanol–water partition coefficient (Wildman–Crippen LogP) is 3.89. The number of halogens is 3. The zero-order valence-electron chi connectivity index (χ0n) is 10.4. The quantitative estimate of drug-likeness (QED) is 0.579. The fourth-order valence-corrected chi connectivity index (χ4v) is 1.93. The topological polar surface area (TPSA) is 21.3 Å². The summed E-state index contributed by atoms with van der Waals surface area (Å²) in [5, 5.41) is 3.22. The van der Waals surface area contributed by atoms with Crippen LogP contribution in [0.2, 0.25) is 0 Å². The van der Waals surface area contributed by atoms with Crippen molar-refractivity contribution in [3.05, 3.63) is 28.2 Å². The monoisotopic (exact) mass is 321 g/mol. The van der Waals surface area contributed by atoms with Crippen LogP contribution in [0.4, 0.5) is 8.78 Å². The second kappa shape index (κ2) is 8.43. The molecule has 0 aliphatic rings. The first-order valence-electron chi connectivity index (χ1n) is 6.13. The van der Waals surface area contributed by atoms with Crippen LogP contribution in [0.25, 0.3) is 0 Å². The predicted molar refractivity (Wildman–Crippen MR) is 71.9 cm³/mol. The molecule has 0 fully saturated rings. The van der Waals surface area contributed by atoms with Gasteiger partial charge in [-0.2, -0.15) is 4.39 Å². The van der Waals surface area contributed by atoms with Crippen molar-refractivity contribution in [3.8, 4) is 5.75 Å². The van der Waals surface area contributed by atoms with Crippen LogP contribution in [-0.4, -0.2) is 19.7 Å². The van der Waals surface area contributed by atoms with Gasteiger partial charge in [0.15, 0.2) is 11.6 Å². The summed E-state index contributed by atoms with van der Waals surface area (Å²) in [4.78, 5) is 0. The standard InChI is InChI=1S/C13H18BrF2NO/c1-2-17-6-4-3-5-7-18-12-9-10(14)8-11(15)13(12)16/h8-9,17H,2-7H2,1H3. The van der Waals surface area contributed by atoms with Gasteiger partial charge in [0, 0.05) is 4.47 Å². The number of rotatable bonds is 8. The molecule has 102 valence electrons. The van der Waals surface area contributed by atoms with E-state index in [-0.39, 0.29) is 5.75 Å². The zero-order chi connectivity index (χ0) is 13.4. The van der Waals surface area contributed by atoms with Crippen LogP contribution in [-0.2, 0) is 0 Å². The van der Waals surface area contributed by atoms with E-state index >= 15 is 0 Å². The average molecular weight is 322 g/mol. The highest BCUT2D eigenvalue weighted by Crippen LogP contribution is 2.25. The minimum atomic E-state index is -0.925. The van der Waals surface area contributed by atoms with Gasteiger partial charge in [-0.15, -0.1) is 0 Å². The highest BCUT2D eigenvalue weighted by Gasteiger charge is 2.10. The minimum absolute atomic E-state index is 0.0337. The summed E-state index contributed by atoms with van der Waals surface area (Å²) in [6.07, 6.45) is 2.90. The van der Waals surface area contributed by atoms with Gasteiger partial charge in [0.2, 0.25) is 5.82 Å². The van der Waals surface area contributed by atoms with Gasteiger partial charge in [0.1, 0.15) is 0 Å². The van der Waals surface area contributed by atoms with E-state index in [0.717, 1.165) is 38.4 Å². The number of hydrogen-bond acceptors (Lipinski definition) is 2. The molecule has 5 heteroatoms. The molecule has 0 aliphatic heterocycles.